The molecule has 0 aromatic carbocycles. The molecule has 0 spiro atoms. The van der Waals surface area contributed by atoms with Crippen LogP contribution in [-0.2, 0) is 16.1 Å². The minimum Gasteiger partial charge on any atom is -0.481 e. The number of ether oxygens (including phenoxy) is 1. The second kappa shape index (κ2) is 6.94. The number of carbonyl (C=O) groups is 1. The first kappa shape index (κ1) is 15.1. The Morgan fingerprint density at radius 3 is 3.00 bits per heavy atom. The fourth-order valence-corrected chi connectivity index (χ4v) is 3.05. The van der Waals surface area contributed by atoms with Gasteiger partial charge in [-0.1, -0.05) is 11.8 Å². The highest BCUT2D eigenvalue weighted by Crippen LogP contribution is 2.24. The van der Waals surface area contributed by atoms with E-state index in [2.05, 4.69) is 15.1 Å². The standard InChI is InChI=1S/C12H20N4O3S/c1-3-16-11(13-14-12(16)20-8-10(17)18)15-6-4-5-9(7-15)19-2/h9H,3-8H2,1-2H3,(H,17,18). The lowest BCUT2D eigenvalue weighted by molar-refractivity contribution is -0.133. The van der Waals surface area contributed by atoms with Crippen LogP contribution in [0.1, 0.15) is 19.8 Å². The van der Waals surface area contributed by atoms with Crippen LogP contribution in [0, 0.1) is 0 Å². The summed E-state index contributed by atoms with van der Waals surface area (Å²) in [6.45, 7) is 4.47. The smallest absolute Gasteiger partial charge is 0.313 e. The van der Waals surface area contributed by atoms with E-state index in [4.69, 9.17) is 9.84 Å². The second-order valence-corrected chi connectivity index (χ2v) is 5.60. The van der Waals surface area contributed by atoms with Crippen LogP contribution in [0.15, 0.2) is 5.16 Å². The Bertz CT molecular complexity index is 466. The summed E-state index contributed by atoms with van der Waals surface area (Å²) in [5.74, 6) is -0.0412. The van der Waals surface area contributed by atoms with Crippen molar-refractivity contribution < 1.29 is 14.6 Å². The van der Waals surface area contributed by atoms with Crippen molar-refractivity contribution in [2.75, 3.05) is 30.9 Å². The highest BCUT2D eigenvalue weighted by Gasteiger charge is 2.24. The number of anilines is 1. The number of carboxylic acids is 1. The molecule has 8 heteroatoms. The molecule has 0 amide bonds. The predicted molar refractivity (Wildman–Crippen MR) is 76.3 cm³/mol. The van der Waals surface area contributed by atoms with Gasteiger partial charge in [-0.2, -0.15) is 0 Å². The van der Waals surface area contributed by atoms with Crippen LogP contribution in [0.5, 0.6) is 0 Å². The molecule has 20 heavy (non-hydrogen) atoms. The van der Waals surface area contributed by atoms with Crippen molar-refractivity contribution in [1.82, 2.24) is 14.8 Å². The SMILES string of the molecule is CCn1c(SCC(=O)O)nnc1N1CCCC(OC)C1. The number of thioether (sulfide) groups is 1. The molecule has 1 saturated heterocycles. The van der Waals surface area contributed by atoms with Crippen LogP contribution in [0.3, 0.4) is 0 Å². The molecule has 1 aromatic rings. The van der Waals surface area contributed by atoms with Crippen LogP contribution in [-0.4, -0.2) is 57.9 Å². The number of carboxylic acid groups (broad SMARTS) is 1. The van der Waals surface area contributed by atoms with E-state index in [1.54, 1.807) is 7.11 Å². The van der Waals surface area contributed by atoms with Gasteiger partial charge in [0.2, 0.25) is 5.95 Å². The zero-order valence-electron chi connectivity index (χ0n) is 11.8. The average molecular weight is 300 g/mol. The van der Waals surface area contributed by atoms with E-state index in [0.29, 0.717) is 5.16 Å². The summed E-state index contributed by atoms with van der Waals surface area (Å²) in [6.07, 6.45) is 2.35. The molecule has 2 heterocycles. The zero-order valence-corrected chi connectivity index (χ0v) is 12.6. The van der Waals surface area contributed by atoms with Crippen molar-refractivity contribution >= 4 is 23.7 Å². The number of aromatic nitrogens is 3. The molecule has 0 bridgehead atoms. The molecule has 7 nitrogen and oxygen atoms in total. The Balaban J connectivity index is 2.12. The normalized spacial score (nSPS) is 19.3. The minimum atomic E-state index is -0.848. The molecule has 1 unspecified atom stereocenters. The van der Waals surface area contributed by atoms with Crippen molar-refractivity contribution in [3.8, 4) is 0 Å². The van der Waals surface area contributed by atoms with E-state index in [9.17, 15) is 4.79 Å². The Hall–Kier alpha value is -1.28. The number of rotatable bonds is 6. The Labute approximate surface area is 122 Å². The summed E-state index contributed by atoms with van der Waals surface area (Å²) in [7, 11) is 1.73. The quantitative estimate of drug-likeness (QED) is 0.788. The van der Waals surface area contributed by atoms with Crippen LogP contribution in [0.25, 0.3) is 0 Å². The van der Waals surface area contributed by atoms with Crippen molar-refractivity contribution in [2.45, 2.75) is 37.6 Å². The van der Waals surface area contributed by atoms with Gasteiger partial charge in [0, 0.05) is 26.7 Å². The fourth-order valence-electron chi connectivity index (χ4n) is 2.34. The molecule has 1 aliphatic heterocycles. The van der Waals surface area contributed by atoms with Gasteiger partial charge in [0.05, 0.1) is 11.9 Å². The molecule has 1 fully saturated rings. The van der Waals surface area contributed by atoms with E-state index < -0.39 is 5.97 Å². The van der Waals surface area contributed by atoms with Crippen LogP contribution in [0.4, 0.5) is 5.95 Å². The number of methoxy groups -OCH3 is 1. The second-order valence-electron chi connectivity index (χ2n) is 4.66. The molecule has 1 atom stereocenters. The lowest BCUT2D eigenvalue weighted by Crippen LogP contribution is -2.40. The van der Waals surface area contributed by atoms with Crippen molar-refractivity contribution in [3.63, 3.8) is 0 Å². The third-order valence-corrected chi connectivity index (χ3v) is 4.28. The van der Waals surface area contributed by atoms with Gasteiger partial charge in [0.25, 0.3) is 0 Å². The van der Waals surface area contributed by atoms with Gasteiger partial charge in [-0.25, -0.2) is 0 Å². The zero-order chi connectivity index (χ0) is 14.5. The number of hydrogen-bond donors (Lipinski definition) is 1. The maximum Gasteiger partial charge on any atom is 0.313 e. The number of nitrogens with zero attached hydrogens (tertiary/aromatic N) is 4. The fraction of sp³-hybridized carbons (Fsp3) is 0.750. The first-order valence-corrected chi connectivity index (χ1v) is 7.69. The first-order chi connectivity index (χ1) is 9.65. The maximum atomic E-state index is 10.7. The molecule has 0 radical (unpaired) electrons. The van der Waals surface area contributed by atoms with Crippen LogP contribution < -0.4 is 4.90 Å². The van der Waals surface area contributed by atoms with Crippen molar-refractivity contribution in [2.24, 2.45) is 0 Å². The molecule has 112 valence electrons. The molecular formula is C12H20N4O3S. The number of aliphatic carboxylic acids is 1. The summed E-state index contributed by atoms with van der Waals surface area (Å²) in [5.41, 5.74) is 0. The monoisotopic (exact) mass is 300 g/mol. The lowest BCUT2D eigenvalue weighted by atomic mass is 10.1. The third kappa shape index (κ3) is 3.43. The van der Waals surface area contributed by atoms with E-state index in [1.165, 1.54) is 11.8 Å². The lowest BCUT2D eigenvalue weighted by Gasteiger charge is -2.32. The van der Waals surface area contributed by atoms with Gasteiger partial charge in [0.1, 0.15) is 0 Å². The van der Waals surface area contributed by atoms with Crippen LogP contribution >= 0.6 is 11.8 Å². The van der Waals surface area contributed by atoms with Gasteiger partial charge in [-0.05, 0) is 19.8 Å². The first-order valence-electron chi connectivity index (χ1n) is 6.71. The summed E-state index contributed by atoms with van der Waals surface area (Å²) in [6, 6.07) is 0. The topological polar surface area (TPSA) is 80.5 Å². The Morgan fingerprint density at radius 1 is 1.55 bits per heavy atom. The van der Waals surface area contributed by atoms with E-state index in [1.807, 2.05) is 11.5 Å². The summed E-state index contributed by atoms with van der Waals surface area (Å²) in [5, 5.41) is 17.8. The average Bonchev–Trinajstić information content (AvgIpc) is 2.88. The summed E-state index contributed by atoms with van der Waals surface area (Å²) < 4.78 is 7.38. The molecule has 1 aromatic heterocycles. The molecule has 0 saturated carbocycles. The van der Waals surface area contributed by atoms with Gasteiger partial charge >= 0.3 is 5.97 Å². The third-order valence-electron chi connectivity index (χ3n) is 3.33. The molecule has 1 N–H and O–H groups in total. The van der Waals surface area contributed by atoms with Crippen molar-refractivity contribution in [1.29, 1.82) is 0 Å². The molecule has 1 aliphatic rings. The Morgan fingerprint density at radius 2 is 2.35 bits per heavy atom. The van der Waals surface area contributed by atoms with Crippen molar-refractivity contribution in [3.05, 3.63) is 0 Å². The minimum absolute atomic E-state index is 0.00116. The van der Waals surface area contributed by atoms with Gasteiger partial charge in [-0.15, -0.1) is 10.2 Å². The molecular weight excluding hydrogens is 280 g/mol. The predicted octanol–water partition coefficient (Wildman–Crippen LogP) is 1.09. The Kier molecular flexibility index (Phi) is 5.24. The highest BCUT2D eigenvalue weighted by atomic mass is 32.2. The summed E-state index contributed by atoms with van der Waals surface area (Å²) >= 11 is 1.20. The van der Waals surface area contributed by atoms with Gasteiger partial charge < -0.3 is 14.7 Å². The van der Waals surface area contributed by atoms with E-state index >= 15 is 0 Å². The van der Waals surface area contributed by atoms with Gasteiger partial charge in [-0.3, -0.25) is 9.36 Å². The maximum absolute atomic E-state index is 10.7. The van der Waals surface area contributed by atoms with Gasteiger partial charge in [0.15, 0.2) is 5.16 Å². The molecule has 0 aliphatic carbocycles. The van der Waals surface area contributed by atoms with E-state index in [-0.39, 0.29) is 11.9 Å². The summed E-state index contributed by atoms with van der Waals surface area (Å²) in [4.78, 5) is 12.8. The highest BCUT2D eigenvalue weighted by molar-refractivity contribution is 7.99. The number of hydrogen-bond acceptors (Lipinski definition) is 6. The largest absolute Gasteiger partial charge is 0.481 e. The van der Waals surface area contributed by atoms with Crippen LogP contribution in [0.2, 0.25) is 0 Å². The number of piperidine rings is 1. The molecule has 2 rings (SSSR count). The van der Waals surface area contributed by atoms with E-state index in [0.717, 1.165) is 38.4 Å².